The van der Waals surface area contributed by atoms with E-state index in [1.54, 1.807) is 0 Å². The minimum absolute atomic E-state index is 0.0574. The van der Waals surface area contributed by atoms with Crippen LogP contribution in [0.3, 0.4) is 0 Å². The Morgan fingerprint density at radius 2 is 1.74 bits per heavy atom. The molecule has 0 aliphatic rings. The molecular weight excluding hydrogens is 288 g/mol. The largest absolute Gasteiger partial charge is 0.484 e. The zero-order valence-corrected chi connectivity index (χ0v) is 13.8. The Balaban J connectivity index is 1.92. The summed E-state index contributed by atoms with van der Waals surface area (Å²) in [5, 5.41) is 4.20. The van der Waals surface area contributed by atoms with E-state index in [1.165, 1.54) is 0 Å². The summed E-state index contributed by atoms with van der Waals surface area (Å²) in [7, 11) is 0. The number of rotatable bonds is 6. The molecule has 0 radical (unpaired) electrons. The molecule has 0 aromatic heterocycles. The molecule has 0 fully saturated rings. The molecule has 0 aliphatic carbocycles. The van der Waals surface area contributed by atoms with Crippen molar-refractivity contribution in [1.82, 2.24) is 5.43 Å². The van der Waals surface area contributed by atoms with Crippen LogP contribution in [0.4, 0.5) is 0 Å². The average molecular weight is 310 g/mol. The van der Waals surface area contributed by atoms with Gasteiger partial charge in [-0.1, -0.05) is 43.3 Å². The highest BCUT2D eigenvalue weighted by Crippen LogP contribution is 2.15. The quantitative estimate of drug-likeness (QED) is 0.654. The molecule has 0 unspecified atom stereocenters. The Kier molecular flexibility index (Phi) is 5.92. The van der Waals surface area contributed by atoms with Gasteiger partial charge >= 0.3 is 0 Å². The summed E-state index contributed by atoms with van der Waals surface area (Å²) >= 11 is 0. The molecule has 1 amide bonds. The van der Waals surface area contributed by atoms with Crippen molar-refractivity contribution in [3.63, 3.8) is 0 Å². The summed E-state index contributed by atoms with van der Waals surface area (Å²) in [6.07, 6.45) is 0.738. The van der Waals surface area contributed by atoms with Gasteiger partial charge in [0.25, 0.3) is 5.91 Å². The van der Waals surface area contributed by atoms with Crippen LogP contribution < -0.4 is 10.2 Å². The predicted octanol–water partition coefficient (Wildman–Crippen LogP) is 3.61. The minimum atomic E-state index is -0.272. The van der Waals surface area contributed by atoms with Crippen molar-refractivity contribution >= 4 is 11.6 Å². The van der Waals surface area contributed by atoms with Crippen molar-refractivity contribution in [3.8, 4) is 5.75 Å². The molecule has 0 spiro atoms. The number of hydrazone groups is 1. The van der Waals surface area contributed by atoms with Crippen LogP contribution in [0, 0.1) is 13.8 Å². The van der Waals surface area contributed by atoms with E-state index in [4.69, 9.17) is 4.74 Å². The van der Waals surface area contributed by atoms with Crippen molar-refractivity contribution < 1.29 is 9.53 Å². The topological polar surface area (TPSA) is 50.7 Å². The lowest BCUT2D eigenvalue weighted by molar-refractivity contribution is -0.123. The molecule has 4 heteroatoms. The molecule has 0 aliphatic heterocycles. The number of aryl methyl sites for hydroxylation is 2. The van der Waals surface area contributed by atoms with E-state index in [2.05, 4.69) is 16.6 Å². The van der Waals surface area contributed by atoms with Gasteiger partial charge in [0, 0.05) is 0 Å². The Hall–Kier alpha value is -2.62. The van der Waals surface area contributed by atoms with E-state index in [9.17, 15) is 4.79 Å². The number of ether oxygens (including phenoxy) is 1. The van der Waals surface area contributed by atoms with Gasteiger partial charge in [0.05, 0.1) is 5.71 Å². The number of hydrogen-bond donors (Lipinski definition) is 1. The Bertz CT molecular complexity index is 674. The van der Waals surface area contributed by atoms with Gasteiger partial charge in [-0.3, -0.25) is 4.79 Å². The van der Waals surface area contributed by atoms with E-state index in [0.717, 1.165) is 28.8 Å². The summed E-state index contributed by atoms with van der Waals surface area (Å²) in [5.74, 6) is 0.423. The maximum atomic E-state index is 11.9. The molecule has 4 nitrogen and oxygen atoms in total. The second-order valence-electron chi connectivity index (χ2n) is 5.43. The van der Waals surface area contributed by atoms with Crippen molar-refractivity contribution in [2.24, 2.45) is 5.10 Å². The lowest BCUT2D eigenvalue weighted by Crippen LogP contribution is -2.26. The third kappa shape index (κ3) is 5.25. The smallest absolute Gasteiger partial charge is 0.277 e. The first-order valence-electron chi connectivity index (χ1n) is 7.70. The Labute approximate surface area is 137 Å². The summed E-state index contributed by atoms with van der Waals surface area (Å²) in [6.45, 7) is 5.94. The van der Waals surface area contributed by atoms with Crippen molar-refractivity contribution in [2.45, 2.75) is 27.2 Å². The standard InChI is InChI=1S/C19H22N2O2/c1-4-18(16-8-6-5-7-9-16)20-21-19(22)13-23-17-11-14(2)10-15(3)12-17/h5-12H,4,13H2,1-3H3,(H,21,22). The predicted molar refractivity (Wildman–Crippen MR) is 92.8 cm³/mol. The van der Waals surface area contributed by atoms with Crippen molar-refractivity contribution in [2.75, 3.05) is 6.61 Å². The molecule has 0 saturated carbocycles. The molecule has 0 saturated heterocycles. The number of carbonyl (C=O) groups is 1. The average Bonchev–Trinajstić information content (AvgIpc) is 2.53. The van der Waals surface area contributed by atoms with E-state index in [0.29, 0.717) is 5.75 Å². The normalized spacial score (nSPS) is 11.2. The highest BCUT2D eigenvalue weighted by atomic mass is 16.5. The summed E-state index contributed by atoms with van der Waals surface area (Å²) in [6, 6.07) is 15.7. The van der Waals surface area contributed by atoms with Gasteiger partial charge in [-0.05, 0) is 49.1 Å². The zero-order valence-electron chi connectivity index (χ0n) is 13.8. The summed E-state index contributed by atoms with van der Waals surface area (Å²) in [4.78, 5) is 11.9. The molecule has 0 heterocycles. The fourth-order valence-electron chi connectivity index (χ4n) is 2.31. The molecule has 0 bridgehead atoms. The maximum absolute atomic E-state index is 11.9. The van der Waals surface area contributed by atoms with Crippen LogP contribution >= 0.6 is 0 Å². The van der Waals surface area contributed by atoms with Gasteiger partial charge in [0.2, 0.25) is 0 Å². The van der Waals surface area contributed by atoms with Gasteiger partial charge in [0.15, 0.2) is 6.61 Å². The minimum Gasteiger partial charge on any atom is -0.484 e. The first-order chi connectivity index (χ1) is 11.1. The molecule has 2 aromatic carbocycles. The van der Waals surface area contributed by atoms with Crippen LogP contribution in [0.15, 0.2) is 53.6 Å². The SMILES string of the molecule is CCC(=NNC(=O)COc1cc(C)cc(C)c1)c1ccccc1. The van der Waals surface area contributed by atoms with Crippen LogP contribution in [0.5, 0.6) is 5.75 Å². The van der Waals surface area contributed by atoms with Crippen LogP contribution in [-0.2, 0) is 4.79 Å². The second kappa shape index (κ2) is 8.13. The van der Waals surface area contributed by atoms with Gasteiger partial charge in [-0.25, -0.2) is 5.43 Å². The highest BCUT2D eigenvalue weighted by Gasteiger charge is 2.05. The summed E-state index contributed by atoms with van der Waals surface area (Å²) in [5.41, 5.74) is 6.61. The van der Waals surface area contributed by atoms with Crippen LogP contribution in [0.2, 0.25) is 0 Å². The highest BCUT2D eigenvalue weighted by molar-refractivity contribution is 6.00. The third-order valence-corrected chi connectivity index (χ3v) is 3.32. The lowest BCUT2D eigenvalue weighted by Gasteiger charge is -2.08. The number of hydrogen-bond acceptors (Lipinski definition) is 3. The maximum Gasteiger partial charge on any atom is 0.277 e. The second-order valence-corrected chi connectivity index (χ2v) is 5.43. The first kappa shape index (κ1) is 16.7. The van der Waals surface area contributed by atoms with Crippen LogP contribution in [0.25, 0.3) is 0 Å². The lowest BCUT2D eigenvalue weighted by atomic mass is 10.1. The molecule has 120 valence electrons. The molecular formula is C19H22N2O2. The summed E-state index contributed by atoms with van der Waals surface area (Å²) < 4.78 is 5.52. The van der Waals surface area contributed by atoms with Gasteiger partial charge < -0.3 is 4.74 Å². The van der Waals surface area contributed by atoms with Crippen LogP contribution in [-0.4, -0.2) is 18.2 Å². The Morgan fingerprint density at radius 1 is 1.09 bits per heavy atom. The number of amides is 1. The van der Waals surface area contributed by atoms with E-state index >= 15 is 0 Å². The number of benzene rings is 2. The monoisotopic (exact) mass is 310 g/mol. The Morgan fingerprint density at radius 3 is 2.35 bits per heavy atom. The molecule has 23 heavy (non-hydrogen) atoms. The molecule has 2 aromatic rings. The molecule has 0 atom stereocenters. The van der Waals surface area contributed by atoms with E-state index in [1.807, 2.05) is 63.2 Å². The van der Waals surface area contributed by atoms with Crippen LogP contribution in [0.1, 0.15) is 30.0 Å². The first-order valence-corrected chi connectivity index (χ1v) is 7.70. The van der Waals surface area contributed by atoms with E-state index in [-0.39, 0.29) is 12.5 Å². The fraction of sp³-hybridized carbons (Fsp3) is 0.263. The number of nitrogens with one attached hydrogen (secondary N) is 1. The third-order valence-electron chi connectivity index (χ3n) is 3.32. The number of nitrogens with zero attached hydrogens (tertiary/aromatic N) is 1. The number of carbonyl (C=O) groups excluding carboxylic acids is 1. The fourth-order valence-corrected chi connectivity index (χ4v) is 2.31. The zero-order chi connectivity index (χ0) is 16.7. The van der Waals surface area contributed by atoms with E-state index < -0.39 is 0 Å². The van der Waals surface area contributed by atoms with Crippen molar-refractivity contribution in [1.29, 1.82) is 0 Å². The van der Waals surface area contributed by atoms with Gasteiger partial charge in [-0.2, -0.15) is 5.10 Å². The van der Waals surface area contributed by atoms with Gasteiger partial charge in [0.1, 0.15) is 5.75 Å². The van der Waals surface area contributed by atoms with Gasteiger partial charge in [-0.15, -0.1) is 0 Å². The van der Waals surface area contributed by atoms with Crippen molar-refractivity contribution in [3.05, 3.63) is 65.2 Å². The molecule has 1 N–H and O–H groups in total. The molecule has 2 rings (SSSR count).